The quantitative estimate of drug-likeness (QED) is 0.278. The lowest BCUT2D eigenvalue weighted by atomic mass is 9.86. The first-order chi connectivity index (χ1) is 13.9. The highest BCUT2D eigenvalue weighted by atomic mass is 19.1. The Bertz CT molecular complexity index is 939. The van der Waals surface area contributed by atoms with Gasteiger partial charge in [0.25, 0.3) is 11.7 Å². The van der Waals surface area contributed by atoms with E-state index in [0.717, 1.165) is 0 Å². The maximum atomic E-state index is 13.6. The zero-order valence-electron chi connectivity index (χ0n) is 18.7. The zero-order chi connectivity index (χ0) is 23.2. The molecule has 5 nitrogen and oxygen atoms in total. The summed E-state index contributed by atoms with van der Waals surface area (Å²) < 4.78 is 18.4. The fourth-order valence-corrected chi connectivity index (χ4v) is 3.11. The van der Waals surface area contributed by atoms with E-state index in [1.165, 1.54) is 25.1 Å². The number of aryl methyl sites for hydroxylation is 1. The molecular weight excluding hydrogens is 385 g/mol. The van der Waals surface area contributed by atoms with Crippen LogP contribution in [-0.2, 0) is 19.1 Å². The van der Waals surface area contributed by atoms with Gasteiger partial charge in [0.05, 0.1) is 6.61 Å². The van der Waals surface area contributed by atoms with Crippen molar-refractivity contribution < 1.29 is 23.5 Å². The summed E-state index contributed by atoms with van der Waals surface area (Å²) in [5, 5.41) is 2.76. The van der Waals surface area contributed by atoms with Gasteiger partial charge < -0.3 is 10.1 Å². The first-order valence-electron chi connectivity index (χ1n) is 9.79. The molecule has 0 aliphatic heterocycles. The number of hydrogen-bond donors (Lipinski definition) is 1. The molecule has 0 saturated carbocycles. The molecule has 30 heavy (non-hydrogen) atoms. The molecule has 0 aliphatic carbocycles. The molecule has 1 amide bonds. The summed E-state index contributed by atoms with van der Waals surface area (Å²) in [6, 6.07) is 4.26. The largest absolute Gasteiger partial charge is 0.460 e. The maximum absolute atomic E-state index is 13.6. The van der Waals surface area contributed by atoms with Gasteiger partial charge in [0.2, 0.25) is 0 Å². The second-order valence-corrected chi connectivity index (χ2v) is 7.44. The number of rotatable bonds is 8. The molecule has 1 rings (SSSR count). The molecule has 0 fully saturated rings. The fraction of sp³-hybridized carbons (Fsp3) is 0.375. The SMILES string of the molecule is C=C(C)/C(=C(C(=O)Nc1ccc(F)c(C)c1)/C(C)=C(\C)C(=O)C(=O)OCC)C(C)C. The Morgan fingerprint density at radius 1 is 1.13 bits per heavy atom. The number of esters is 1. The van der Waals surface area contributed by atoms with Crippen LogP contribution in [0.4, 0.5) is 10.1 Å². The van der Waals surface area contributed by atoms with Crippen LogP contribution in [-0.4, -0.2) is 24.3 Å². The molecule has 0 atom stereocenters. The van der Waals surface area contributed by atoms with Crippen LogP contribution in [0.15, 0.2) is 52.6 Å². The maximum Gasteiger partial charge on any atom is 0.379 e. The van der Waals surface area contributed by atoms with Gasteiger partial charge in [-0.15, -0.1) is 0 Å². The van der Waals surface area contributed by atoms with E-state index >= 15 is 0 Å². The number of Topliss-reactive ketones (excluding diaryl/α,β-unsaturated/α-hetero) is 1. The van der Waals surface area contributed by atoms with Crippen molar-refractivity contribution in [2.75, 3.05) is 11.9 Å². The van der Waals surface area contributed by atoms with E-state index in [2.05, 4.69) is 11.9 Å². The number of ketones is 1. The average molecular weight is 416 g/mol. The Balaban J connectivity index is 3.58. The lowest BCUT2D eigenvalue weighted by Crippen LogP contribution is -2.23. The fourth-order valence-electron chi connectivity index (χ4n) is 3.11. The predicted molar refractivity (Wildman–Crippen MR) is 116 cm³/mol. The van der Waals surface area contributed by atoms with Gasteiger partial charge in [0, 0.05) is 16.8 Å². The number of nitrogens with one attached hydrogen (secondary N) is 1. The summed E-state index contributed by atoms with van der Waals surface area (Å²) in [6.45, 7) is 16.0. The number of hydrogen-bond acceptors (Lipinski definition) is 4. The normalized spacial score (nSPS) is 12.7. The van der Waals surface area contributed by atoms with Gasteiger partial charge in [-0.1, -0.05) is 26.0 Å². The third-order valence-electron chi connectivity index (χ3n) is 4.69. The number of allylic oxidation sites excluding steroid dienone is 2. The molecule has 0 bridgehead atoms. The summed E-state index contributed by atoms with van der Waals surface area (Å²) in [5.74, 6) is -2.69. The van der Waals surface area contributed by atoms with Crippen molar-refractivity contribution >= 4 is 23.3 Å². The number of carbonyl (C=O) groups is 3. The predicted octanol–water partition coefficient (Wildman–Crippen LogP) is 5.07. The molecule has 0 unspecified atom stereocenters. The number of benzene rings is 1. The molecule has 1 aromatic carbocycles. The van der Waals surface area contributed by atoms with Gasteiger partial charge in [-0.3, -0.25) is 9.59 Å². The highest BCUT2D eigenvalue weighted by Crippen LogP contribution is 2.30. The van der Waals surface area contributed by atoms with E-state index < -0.39 is 17.7 Å². The lowest BCUT2D eigenvalue weighted by Gasteiger charge is -2.20. The summed E-state index contributed by atoms with van der Waals surface area (Å²) in [6.07, 6.45) is 0. The van der Waals surface area contributed by atoms with E-state index in [0.29, 0.717) is 28.0 Å². The molecule has 1 N–H and O–H groups in total. The monoisotopic (exact) mass is 415 g/mol. The highest BCUT2D eigenvalue weighted by molar-refractivity contribution is 6.40. The summed E-state index contributed by atoms with van der Waals surface area (Å²) in [4.78, 5) is 37.6. The molecule has 0 heterocycles. The third kappa shape index (κ3) is 5.99. The second kappa shape index (κ2) is 10.7. The number of amides is 1. The Morgan fingerprint density at radius 3 is 2.20 bits per heavy atom. The molecule has 0 aromatic heterocycles. The van der Waals surface area contributed by atoms with Crippen molar-refractivity contribution in [3.63, 3.8) is 0 Å². The van der Waals surface area contributed by atoms with Crippen LogP contribution in [0.2, 0.25) is 0 Å². The van der Waals surface area contributed by atoms with Gasteiger partial charge in [0.15, 0.2) is 0 Å². The molecular formula is C24H30FNO4. The average Bonchev–Trinajstić information content (AvgIpc) is 2.66. The Labute approximate surface area is 177 Å². The number of halogens is 1. The topological polar surface area (TPSA) is 72.5 Å². The first-order valence-corrected chi connectivity index (χ1v) is 9.79. The summed E-state index contributed by atoms with van der Waals surface area (Å²) in [7, 11) is 0. The minimum Gasteiger partial charge on any atom is -0.460 e. The van der Waals surface area contributed by atoms with Gasteiger partial charge in [-0.05, 0) is 75.4 Å². The van der Waals surface area contributed by atoms with E-state index in [1.807, 2.05) is 13.8 Å². The molecule has 0 aliphatic rings. The van der Waals surface area contributed by atoms with Crippen LogP contribution in [0.5, 0.6) is 0 Å². The van der Waals surface area contributed by atoms with Crippen molar-refractivity contribution in [2.24, 2.45) is 5.92 Å². The van der Waals surface area contributed by atoms with Gasteiger partial charge in [0.1, 0.15) is 5.82 Å². The molecule has 6 heteroatoms. The Kier molecular flexibility index (Phi) is 8.90. The van der Waals surface area contributed by atoms with Crippen LogP contribution in [0.25, 0.3) is 0 Å². The number of anilines is 1. The smallest absolute Gasteiger partial charge is 0.379 e. The first kappa shape index (κ1) is 25.0. The van der Waals surface area contributed by atoms with Crippen LogP contribution in [0.3, 0.4) is 0 Å². The van der Waals surface area contributed by atoms with E-state index in [4.69, 9.17) is 4.74 Å². The molecule has 0 radical (unpaired) electrons. The van der Waals surface area contributed by atoms with Crippen molar-refractivity contribution in [3.05, 3.63) is 64.0 Å². The van der Waals surface area contributed by atoms with Crippen LogP contribution in [0.1, 0.15) is 47.1 Å². The van der Waals surface area contributed by atoms with Crippen molar-refractivity contribution in [1.29, 1.82) is 0 Å². The molecule has 162 valence electrons. The van der Waals surface area contributed by atoms with Crippen LogP contribution in [0, 0.1) is 18.7 Å². The van der Waals surface area contributed by atoms with Crippen molar-refractivity contribution in [1.82, 2.24) is 0 Å². The van der Waals surface area contributed by atoms with E-state index in [-0.39, 0.29) is 29.5 Å². The number of ether oxygens (including phenoxy) is 1. The molecule has 0 saturated heterocycles. The van der Waals surface area contributed by atoms with Crippen molar-refractivity contribution in [3.8, 4) is 0 Å². The standard InChI is InChI=1S/C24H30FNO4/c1-9-30-24(29)22(27)17(8)16(7)21(20(13(2)3)14(4)5)23(28)26-18-10-11-19(25)15(6)12-18/h10-12,14H,2,9H2,1,3-8H3,(H,26,28)/b17-16+,21-20+. The minimum atomic E-state index is -0.968. The van der Waals surface area contributed by atoms with Gasteiger partial charge >= 0.3 is 5.97 Å². The van der Waals surface area contributed by atoms with E-state index in [9.17, 15) is 18.8 Å². The van der Waals surface area contributed by atoms with Gasteiger partial charge in [-0.2, -0.15) is 0 Å². The van der Waals surface area contributed by atoms with Crippen LogP contribution >= 0.6 is 0 Å². The zero-order valence-corrected chi connectivity index (χ0v) is 18.7. The summed E-state index contributed by atoms with van der Waals surface area (Å²) in [5.41, 5.74) is 2.88. The molecule has 1 aromatic rings. The van der Waals surface area contributed by atoms with Crippen molar-refractivity contribution in [2.45, 2.75) is 48.5 Å². The summed E-state index contributed by atoms with van der Waals surface area (Å²) >= 11 is 0. The highest BCUT2D eigenvalue weighted by Gasteiger charge is 2.26. The molecule has 0 spiro atoms. The second-order valence-electron chi connectivity index (χ2n) is 7.44. The third-order valence-corrected chi connectivity index (χ3v) is 4.69. The van der Waals surface area contributed by atoms with Gasteiger partial charge in [-0.25, -0.2) is 9.18 Å². The number of carbonyl (C=O) groups excluding carboxylic acids is 3. The lowest BCUT2D eigenvalue weighted by molar-refractivity contribution is -0.151. The Morgan fingerprint density at radius 2 is 1.73 bits per heavy atom. The van der Waals surface area contributed by atoms with Crippen LogP contribution < -0.4 is 5.32 Å². The van der Waals surface area contributed by atoms with E-state index in [1.54, 1.807) is 27.7 Å². The Hall–Kier alpha value is -3.02. The minimum absolute atomic E-state index is 0.0707.